The van der Waals surface area contributed by atoms with Gasteiger partial charge < -0.3 is 10.0 Å². The lowest BCUT2D eigenvalue weighted by atomic mass is 9.90. The maximum atomic E-state index is 11.0. The fourth-order valence-electron chi connectivity index (χ4n) is 2.85. The van der Waals surface area contributed by atoms with E-state index in [0.717, 1.165) is 18.7 Å². The quantitative estimate of drug-likeness (QED) is 0.926. The second kappa shape index (κ2) is 5.97. The van der Waals surface area contributed by atoms with Gasteiger partial charge in [-0.1, -0.05) is 5.21 Å². The first-order chi connectivity index (χ1) is 11.0. The molecule has 23 heavy (non-hydrogen) atoms. The van der Waals surface area contributed by atoms with E-state index in [2.05, 4.69) is 20.2 Å². The van der Waals surface area contributed by atoms with Crippen LogP contribution in [0.1, 0.15) is 44.1 Å². The number of nitrogens with zero attached hydrogens (tertiary/aromatic N) is 6. The minimum absolute atomic E-state index is 0.210. The summed E-state index contributed by atoms with van der Waals surface area (Å²) < 4.78 is 1.76. The van der Waals surface area contributed by atoms with Gasteiger partial charge in [0.25, 0.3) is 0 Å². The van der Waals surface area contributed by atoms with Crippen molar-refractivity contribution in [2.45, 2.75) is 38.3 Å². The standard InChI is InChI=1S/C16H20N6O/c1-12(2)22-10-15(19-20-22)16(23)6-3-7-21(11-16)14-5-4-13(8-17)18-9-14/h4-5,9-10,12,23H,3,6-7,11H2,1-2H3. The van der Waals surface area contributed by atoms with Gasteiger partial charge in [0.15, 0.2) is 0 Å². The van der Waals surface area contributed by atoms with Gasteiger partial charge in [0.1, 0.15) is 23.1 Å². The number of hydrogen-bond donors (Lipinski definition) is 1. The maximum absolute atomic E-state index is 11.0. The van der Waals surface area contributed by atoms with Crippen LogP contribution in [0.4, 0.5) is 5.69 Å². The summed E-state index contributed by atoms with van der Waals surface area (Å²) in [5.41, 5.74) is 0.885. The molecular weight excluding hydrogens is 292 g/mol. The van der Waals surface area contributed by atoms with Gasteiger partial charge >= 0.3 is 0 Å². The maximum Gasteiger partial charge on any atom is 0.140 e. The summed E-state index contributed by atoms with van der Waals surface area (Å²) in [6.45, 7) is 5.34. The molecule has 1 N–H and O–H groups in total. The highest BCUT2D eigenvalue weighted by Crippen LogP contribution is 2.32. The number of rotatable bonds is 3. The molecule has 7 nitrogen and oxygen atoms in total. The average molecular weight is 312 g/mol. The Morgan fingerprint density at radius 2 is 2.22 bits per heavy atom. The van der Waals surface area contributed by atoms with Crippen LogP contribution >= 0.6 is 0 Å². The third-order valence-electron chi connectivity index (χ3n) is 4.21. The largest absolute Gasteiger partial charge is 0.382 e. The van der Waals surface area contributed by atoms with E-state index in [0.29, 0.717) is 24.4 Å². The molecule has 2 aromatic heterocycles. The molecule has 0 radical (unpaired) electrons. The van der Waals surface area contributed by atoms with E-state index in [9.17, 15) is 5.11 Å². The van der Waals surface area contributed by atoms with Crippen molar-refractivity contribution in [2.24, 2.45) is 0 Å². The Morgan fingerprint density at radius 1 is 1.39 bits per heavy atom. The highest BCUT2D eigenvalue weighted by molar-refractivity contribution is 5.47. The van der Waals surface area contributed by atoms with Crippen LogP contribution in [-0.2, 0) is 5.60 Å². The summed E-state index contributed by atoms with van der Waals surface area (Å²) in [5, 5.41) is 28.1. The predicted octanol–water partition coefficient (Wildman–Crippen LogP) is 1.61. The van der Waals surface area contributed by atoms with Crippen LogP contribution in [-0.4, -0.2) is 38.2 Å². The molecule has 0 aliphatic carbocycles. The second-order valence-corrected chi connectivity index (χ2v) is 6.25. The van der Waals surface area contributed by atoms with Crippen LogP contribution in [0.25, 0.3) is 0 Å². The number of piperidine rings is 1. The Bertz CT molecular complexity index is 717. The lowest BCUT2D eigenvalue weighted by Crippen LogP contribution is -2.46. The van der Waals surface area contributed by atoms with Gasteiger partial charge in [-0.2, -0.15) is 5.26 Å². The lowest BCUT2D eigenvalue weighted by molar-refractivity contribution is 0.0176. The first kappa shape index (κ1) is 15.4. The minimum atomic E-state index is -1.01. The molecule has 1 aliphatic rings. The normalized spacial score (nSPS) is 21.4. The van der Waals surface area contributed by atoms with Crippen LogP contribution in [0.2, 0.25) is 0 Å². The summed E-state index contributed by atoms with van der Waals surface area (Å²) in [5.74, 6) is 0. The Hall–Kier alpha value is -2.46. The van der Waals surface area contributed by atoms with E-state index in [1.54, 1.807) is 16.9 Å². The van der Waals surface area contributed by atoms with Gasteiger partial charge in [-0.3, -0.25) is 0 Å². The van der Waals surface area contributed by atoms with Gasteiger partial charge in [0.2, 0.25) is 0 Å². The van der Waals surface area contributed by atoms with Gasteiger partial charge in [-0.25, -0.2) is 9.67 Å². The molecular formula is C16H20N6O. The number of β-amino-alcohol motifs (C(OH)–C–C–N with tert-alkyl or cyclic N) is 1. The van der Waals surface area contributed by atoms with Crippen molar-refractivity contribution in [1.29, 1.82) is 5.26 Å². The van der Waals surface area contributed by atoms with Crippen LogP contribution < -0.4 is 4.90 Å². The summed E-state index contributed by atoms with van der Waals surface area (Å²) in [4.78, 5) is 6.18. The molecule has 0 saturated carbocycles. The Morgan fingerprint density at radius 3 is 2.83 bits per heavy atom. The molecule has 1 unspecified atom stereocenters. The topological polar surface area (TPSA) is 90.9 Å². The monoisotopic (exact) mass is 312 g/mol. The average Bonchev–Trinajstić information content (AvgIpc) is 3.06. The van der Waals surface area contributed by atoms with E-state index in [-0.39, 0.29) is 6.04 Å². The molecule has 2 aromatic rings. The zero-order valence-corrected chi connectivity index (χ0v) is 13.3. The van der Waals surface area contributed by atoms with Crippen LogP contribution in [0, 0.1) is 11.3 Å². The molecule has 3 heterocycles. The van der Waals surface area contributed by atoms with E-state index in [1.807, 2.05) is 32.2 Å². The lowest BCUT2D eigenvalue weighted by Gasteiger charge is -2.39. The highest BCUT2D eigenvalue weighted by Gasteiger charge is 2.37. The smallest absolute Gasteiger partial charge is 0.140 e. The molecule has 1 atom stereocenters. The van der Waals surface area contributed by atoms with E-state index in [4.69, 9.17) is 5.26 Å². The summed E-state index contributed by atoms with van der Waals surface area (Å²) in [6, 6.07) is 5.78. The SMILES string of the molecule is CC(C)n1cc(C2(O)CCCN(c3ccc(C#N)nc3)C2)nn1. The molecule has 0 bridgehead atoms. The molecule has 1 fully saturated rings. The number of aromatic nitrogens is 4. The number of aliphatic hydroxyl groups is 1. The highest BCUT2D eigenvalue weighted by atomic mass is 16.3. The number of anilines is 1. The molecule has 0 amide bonds. The van der Waals surface area contributed by atoms with Crippen LogP contribution in [0.5, 0.6) is 0 Å². The third-order valence-corrected chi connectivity index (χ3v) is 4.21. The van der Waals surface area contributed by atoms with E-state index < -0.39 is 5.60 Å². The fourth-order valence-corrected chi connectivity index (χ4v) is 2.85. The Labute approximate surface area is 135 Å². The molecule has 120 valence electrons. The second-order valence-electron chi connectivity index (χ2n) is 6.25. The predicted molar refractivity (Wildman–Crippen MR) is 84.7 cm³/mol. The first-order valence-corrected chi connectivity index (χ1v) is 7.77. The first-order valence-electron chi connectivity index (χ1n) is 7.77. The van der Waals surface area contributed by atoms with Crippen molar-refractivity contribution in [3.8, 4) is 6.07 Å². The summed E-state index contributed by atoms with van der Waals surface area (Å²) in [6.07, 6.45) is 5.01. The molecule has 1 aliphatic heterocycles. The number of pyridine rings is 1. The van der Waals surface area contributed by atoms with Crippen molar-refractivity contribution >= 4 is 5.69 Å². The fraction of sp³-hybridized carbons (Fsp3) is 0.500. The number of hydrogen-bond acceptors (Lipinski definition) is 6. The molecule has 1 saturated heterocycles. The van der Waals surface area contributed by atoms with Gasteiger partial charge in [0.05, 0.1) is 24.6 Å². The van der Waals surface area contributed by atoms with Crippen molar-refractivity contribution in [3.63, 3.8) is 0 Å². The Balaban J connectivity index is 1.82. The molecule has 0 aromatic carbocycles. The van der Waals surface area contributed by atoms with Gasteiger partial charge in [-0.05, 0) is 38.8 Å². The molecule has 3 rings (SSSR count). The van der Waals surface area contributed by atoms with Crippen molar-refractivity contribution in [3.05, 3.63) is 35.9 Å². The summed E-state index contributed by atoms with van der Waals surface area (Å²) in [7, 11) is 0. The van der Waals surface area contributed by atoms with E-state index >= 15 is 0 Å². The van der Waals surface area contributed by atoms with E-state index in [1.165, 1.54) is 0 Å². The minimum Gasteiger partial charge on any atom is -0.382 e. The summed E-state index contributed by atoms with van der Waals surface area (Å²) >= 11 is 0. The van der Waals surface area contributed by atoms with Crippen LogP contribution in [0.15, 0.2) is 24.5 Å². The van der Waals surface area contributed by atoms with Crippen LogP contribution in [0.3, 0.4) is 0 Å². The molecule has 7 heteroatoms. The van der Waals surface area contributed by atoms with Gasteiger partial charge in [0, 0.05) is 12.6 Å². The third kappa shape index (κ3) is 3.03. The van der Waals surface area contributed by atoms with Crippen molar-refractivity contribution in [1.82, 2.24) is 20.0 Å². The Kier molecular flexibility index (Phi) is 4.01. The zero-order chi connectivity index (χ0) is 16.4. The molecule has 0 spiro atoms. The zero-order valence-electron chi connectivity index (χ0n) is 13.3. The number of nitriles is 1. The van der Waals surface area contributed by atoms with Crippen molar-refractivity contribution < 1.29 is 5.11 Å². The van der Waals surface area contributed by atoms with Crippen molar-refractivity contribution in [2.75, 3.05) is 18.0 Å². The van der Waals surface area contributed by atoms with Gasteiger partial charge in [-0.15, -0.1) is 5.10 Å².